The van der Waals surface area contributed by atoms with Crippen molar-refractivity contribution in [3.8, 4) is 11.3 Å². The van der Waals surface area contributed by atoms with Crippen molar-refractivity contribution in [3.05, 3.63) is 114 Å². The summed E-state index contributed by atoms with van der Waals surface area (Å²) in [6.45, 7) is 0. The number of nitrogens with zero attached hydrogens (tertiary/aromatic N) is 1. The molecule has 2 heteroatoms. The zero-order valence-electron chi connectivity index (χ0n) is 18.4. The van der Waals surface area contributed by atoms with E-state index in [1.54, 1.807) is 6.33 Å². The maximum atomic E-state index is 4.68. The Morgan fingerprint density at radius 1 is 0.667 bits per heavy atom. The summed E-state index contributed by atoms with van der Waals surface area (Å²) in [5, 5.41) is 7.99. The molecule has 0 amide bonds. The number of imidazole rings is 1. The first kappa shape index (κ1) is 18.6. The molecule has 33 heavy (non-hydrogen) atoms. The maximum Gasteiger partial charge on any atom is 0.0927 e. The molecule has 0 aliphatic heterocycles. The van der Waals surface area contributed by atoms with E-state index in [0.29, 0.717) is 5.92 Å². The third kappa shape index (κ3) is 2.84. The quantitative estimate of drug-likeness (QED) is 0.280. The number of aryl methyl sites for hydroxylation is 1. The van der Waals surface area contributed by atoms with Crippen LogP contribution in [0, 0.1) is 0 Å². The standard InChI is InChI=1S/C31H24N2/c1-3-8-22-20(6-1)12-14-27-24-10-5-11-25(28(24)17-16-26(22)27)29-15-13-21-7-2-4-9-23(21)31(29)30-18-32-19-33-30/h1-4,6-9,12-19,25H,5,10-11H2,(H,32,33). The normalized spacial score (nSPS) is 15.8. The molecule has 2 nitrogen and oxygen atoms in total. The second-order valence-corrected chi connectivity index (χ2v) is 9.17. The molecule has 1 N–H and O–H groups in total. The Hall–Kier alpha value is -3.91. The van der Waals surface area contributed by atoms with E-state index >= 15 is 0 Å². The first-order valence-electron chi connectivity index (χ1n) is 11.8. The number of H-pyrrole nitrogens is 1. The minimum absolute atomic E-state index is 0.376. The molecular weight excluding hydrogens is 400 g/mol. The maximum absolute atomic E-state index is 4.68. The highest BCUT2D eigenvalue weighted by Crippen LogP contribution is 2.45. The van der Waals surface area contributed by atoms with Crippen LogP contribution in [0.3, 0.4) is 0 Å². The number of rotatable bonds is 2. The number of benzene rings is 5. The minimum Gasteiger partial charge on any atom is -0.351 e. The smallest absolute Gasteiger partial charge is 0.0927 e. The SMILES string of the molecule is c1ccc2c(-c3c[nH]cn3)c(C3CCCc4c3ccc3c4ccc4ccccc43)ccc2c1. The zero-order valence-corrected chi connectivity index (χ0v) is 18.4. The average Bonchev–Trinajstić information content (AvgIpc) is 3.42. The number of aromatic amines is 1. The molecule has 0 saturated carbocycles. The Bertz CT molecular complexity index is 1640. The van der Waals surface area contributed by atoms with Crippen LogP contribution in [0.2, 0.25) is 0 Å². The fraction of sp³-hybridized carbons (Fsp3) is 0.129. The van der Waals surface area contributed by atoms with Crippen LogP contribution in [-0.2, 0) is 6.42 Å². The molecule has 0 saturated heterocycles. The molecular formula is C31H24N2. The Balaban J connectivity index is 1.49. The molecule has 1 aliphatic rings. The predicted molar refractivity (Wildman–Crippen MR) is 138 cm³/mol. The van der Waals surface area contributed by atoms with E-state index in [-0.39, 0.29) is 0 Å². The molecule has 0 fully saturated rings. The summed E-state index contributed by atoms with van der Waals surface area (Å²) >= 11 is 0. The Kier molecular flexibility index (Phi) is 4.13. The van der Waals surface area contributed by atoms with Gasteiger partial charge in [-0.15, -0.1) is 0 Å². The van der Waals surface area contributed by atoms with E-state index in [1.165, 1.54) is 67.4 Å². The van der Waals surface area contributed by atoms with Crippen LogP contribution < -0.4 is 0 Å². The Labute approximate surface area is 192 Å². The molecule has 1 heterocycles. The third-order valence-electron chi connectivity index (χ3n) is 7.46. The summed E-state index contributed by atoms with van der Waals surface area (Å²) in [5.74, 6) is 0.376. The van der Waals surface area contributed by atoms with Crippen LogP contribution in [0.5, 0.6) is 0 Å². The van der Waals surface area contributed by atoms with E-state index in [1.807, 2.05) is 6.20 Å². The van der Waals surface area contributed by atoms with E-state index in [2.05, 4.69) is 94.9 Å². The van der Waals surface area contributed by atoms with E-state index in [0.717, 1.165) is 12.1 Å². The number of aromatic nitrogens is 2. The molecule has 158 valence electrons. The van der Waals surface area contributed by atoms with Gasteiger partial charge in [0.2, 0.25) is 0 Å². The van der Waals surface area contributed by atoms with Gasteiger partial charge in [-0.25, -0.2) is 4.98 Å². The zero-order chi connectivity index (χ0) is 21.8. The molecule has 1 unspecified atom stereocenters. The molecule has 6 aromatic rings. The molecule has 5 aromatic carbocycles. The average molecular weight is 425 g/mol. The van der Waals surface area contributed by atoms with E-state index < -0.39 is 0 Å². The summed E-state index contributed by atoms with van der Waals surface area (Å²) in [6, 6.07) is 31.4. The van der Waals surface area contributed by atoms with Gasteiger partial charge in [0.25, 0.3) is 0 Å². The fourth-order valence-electron chi connectivity index (χ4n) is 6.00. The van der Waals surface area contributed by atoms with Gasteiger partial charge in [-0.2, -0.15) is 0 Å². The highest BCUT2D eigenvalue weighted by Gasteiger charge is 2.27. The van der Waals surface area contributed by atoms with Crippen LogP contribution >= 0.6 is 0 Å². The van der Waals surface area contributed by atoms with Crippen molar-refractivity contribution in [1.82, 2.24) is 9.97 Å². The first-order chi connectivity index (χ1) is 16.4. The van der Waals surface area contributed by atoms with Crippen molar-refractivity contribution < 1.29 is 0 Å². The Morgan fingerprint density at radius 2 is 1.39 bits per heavy atom. The molecule has 1 atom stereocenters. The summed E-state index contributed by atoms with van der Waals surface area (Å²) < 4.78 is 0. The predicted octanol–water partition coefficient (Wildman–Crippen LogP) is 8.00. The Morgan fingerprint density at radius 3 is 2.24 bits per heavy atom. The topological polar surface area (TPSA) is 28.7 Å². The highest BCUT2D eigenvalue weighted by atomic mass is 14.9. The number of fused-ring (bicyclic) bond motifs is 6. The van der Waals surface area contributed by atoms with Crippen molar-refractivity contribution in [2.24, 2.45) is 0 Å². The molecule has 0 bridgehead atoms. The van der Waals surface area contributed by atoms with Gasteiger partial charge in [-0.1, -0.05) is 84.9 Å². The van der Waals surface area contributed by atoms with Gasteiger partial charge in [-0.3, -0.25) is 0 Å². The lowest BCUT2D eigenvalue weighted by Crippen LogP contribution is -2.13. The van der Waals surface area contributed by atoms with Crippen molar-refractivity contribution in [1.29, 1.82) is 0 Å². The van der Waals surface area contributed by atoms with Crippen molar-refractivity contribution in [2.45, 2.75) is 25.2 Å². The molecule has 1 aromatic heterocycles. The lowest BCUT2D eigenvalue weighted by molar-refractivity contribution is 0.620. The number of hydrogen-bond donors (Lipinski definition) is 1. The highest BCUT2D eigenvalue weighted by molar-refractivity contribution is 6.09. The van der Waals surface area contributed by atoms with Gasteiger partial charge in [0.05, 0.1) is 12.0 Å². The molecule has 0 radical (unpaired) electrons. The van der Waals surface area contributed by atoms with Crippen molar-refractivity contribution in [2.75, 3.05) is 0 Å². The van der Waals surface area contributed by atoms with Crippen molar-refractivity contribution in [3.63, 3.8) is 0 Å². The lowest BCUT2D eigenvalue weighted by atomic mass is 9.75. The van der Waals surface area contributed by atoms with Gasteiger partial charge < -0.3 is 4.98 Å². The van der Waals surface area contributed by atoms with Gasteiger partial charge in [0.1, 0.15) is 0 Å². The van der Waals surface area contributed by atoms with Gasteiger partial charge in [0.15, 0.2) is 0 Å². The van der Waals surface area contributed by atoms with E-state index in [9.17, 15) is 0 Å². The summed E-state index contributed by atoms with van der Waals surface area (Å²) in [6.07, 6.45) is 7.33. The van der Waals surface area contributed by atoms with Crippen LogP contribution in [0.25, 0.3) is 43.6 Å². The van der Waals surface area contributed by atoms with Gasteiger partial charge in [0, 0.05) is 17.7 Å². The number of hydrogen-bond acceptors (Lipinski definition) is 1. The molecule has 1 aliphatic carbocycles. The van der Waals surface area contributed by atoms with Gasteiger partial charge in [-0.05, 0) is 68.3 Å². The molecule has 0 spiro atoms. The third-order valence-corrected chi connectivity index (χ3v) is 7.46. The number of nitrogens with one attached hydrogen (secondary N) is 1. The first-order valence-corrected chi connectivity index (χ1v) is 11.8. The minimum atomic E-state index is 0.376. The lowest BCUT2D eigenvalue weighted by Gasteiger charge is -2.29. The van der Waals surface area contributed by atoms with Gasteiger partial charge >= 0.3 is 0 Å². The van der Waals surface area contributed by atoms with Crippen molar-refractivity contribution >= 4 is 32.3 Å². The molecule has 7 rings (SSSR count). The van der Waals surface area contributed by atoms with Crippen LogP contribution in [0.15, 0.2) is 97.5 Å². The van der Waals surface area contributed by atoms with Crippen LogP contribution in [-0.4, -0.2) is 9.97 Å². The van der Waals surface area contributed by atoms with E-state index in [4.69, 9.17) is 0 Å². The summed E-state index contributed by atoms with van der Waals surface area (Å²) in [5.41, 5.74) is 6.69. The monoisotopic (exact) mass is 424 g/mol. The second-order valence-electron chi connectivity index (χ2n) is 9.17. The summed E-state index contributed by atoms with van der Waals surface area (Å²) in [7, 11) is 0. The summed E-state index contributed by atoms with van der Waals surface area (Å²) in [4.78, 5) is 7.85. The largest absolute Gasteiger partial charge is 0.351 e. The second kappa shape index (κ2) is 7.31. The van der Waals surface area contributed by atoms with Crippen LogP contribution in [0.1, 0.15) is 35.4 Å². The fourth-order valence-corrected chi connectivity index (χ4v) is 6.00. The van der Waals surface area contributed by atoms with Crippen LogP contribution in [0.4, 0.5) is 0 Å².